The van der Waals surface area contributed by atoms with E-state index in [9.17, 15) is 14.0 Å². The van der Waals surface area contributed by atoms with Crippen molar-refractivity contribution in [2.45, 2.75) is 13.0 Å². The highest BCUT2D eigenvalue weighted by atomic mass is 19.1. The maximum absolute atomic E-state index is 13.7. The Bertz CT molecular complexity index is 865. The Morgan fingerprint density at radius 1 is 1.19 bits per heavy atom. The van der Waals surface area contributed by atoms with Gasteiger partial charge in [-0.2, -0.15) is 5.10 Å². The molecule has 0 bridgehead atoms. The summed E-state index contributed by atoms with van der Waals surface area (Å²) >= 11 is 0. The predicted molar refractivity (Wildman–Crippen MR) is 92.6 cm³/mol. The van der Waals surface area contributed by atoms with E-state index >= 15 is 0 Å². The molecule has 0 radical (unpaired) electrons. The Morgan fingerprint density at radius 2 is 2.00 bits per heavy atom. The molecule has 0 saturated carbocycles. The van der Waals surface area contributed by atoms with Crippen LogP contribution < -0.4 is 0 Å². The normalized spacial score (nSPS) is 24.8. The third-order valence-corrected chi connectivity index (χ3v) is 5.48. The molecule has 0 unspecified atom stereocenters. The van der Waals surface area contributed by atoms with Gasteiger partial charge in [0.1, 0.15) is 11.5 Å². The van der Waals surface area contributed by atoms with E-state index in [-0.39, 0.29) is 35.5 Å². The Balaban J connectivity index is 1.60. The quantitative estimate of drug-likeness (QED) is 0.825. The number of carbonyl (C=O) groups is 2. The van der Waals surface area contributed by atoms with Gasteiger partial charge in [0.05, 0.1) is 6.04 Å². The van der Waals surface area contributed by atoms with Crippen LogP contribution in [0.25, 0.3) is 0 Å². The molecule has 1 aromatic carbocycles. The second-order valence-electron chi connectivity index (χ2n) is 7.18. The first kappa shape index (κ1) is 16.8. The molecule has 2 amide bonds. The Hall–Kier alpha value is -2.70. The summed E-state index contributed by atoms with van der Waals surface area (Å²) in [6.45, 7) is 3.28. The van der Waals surface area contributed by atoms with Gasteiger partial charge in [-0.3, -0.25) is 14.3 Å². The average molecular weight is 356 g/mol. The molecule has 2 aliphatic rings. The molecule has 3 atom stereocenters. The van der Waals surface area contributed by atoms with Crippen molar-refractivity contribution in [3.05, 3.63) is 53.6 Å². The van der Waals surface area contributed by atoms with E-state index in [1.807, 2.05) is 11.0 Å². The van der Waals surface area contributed by atoms with Gasteiger partial charge in [-0.1, -0.05) is 12.1 Å². The van der Waals surface area contributed by atoms with Crippen LogP contribution >= 0.6 is 0 Å². The molecular weight excluding hydrogens is 335 g/mol. The van der Waals surface area contributed by atoms with Crippen LogP contribution in [0.1, 0.15) is 29.0 Å². The molecule has 7 heteroatoms. The number of halogens is 1. The Kier molecular flexibility index (Phi) is 4.01. The van der Waals surface area contributed by atoms with Crippen molar-refractivity contribution >= 4 is 11.8 Å². The Morgan fingerprint density at radius 3 is 2.65 bits per heavy atom. The number of aryl methyl sites for hydroxylation is 1. The number of nitrogens with zero attached hydrogens (tertiary/aromatic N) is 4. The van der Waals surface area contributed by atoms with Crippen LogP contribution in [0.15, 0.2) is 36.5 Å². The van der Waals surface area contributed by atoms with Gasteiger partial charge in [0.2, 0.25) is 5.91 Å². The van der Waals surface area contributed by atoms with Crippen molar-refractivity contribution in [3.63, 3.8) is 0 Å². The molecule has 0 N–H and O–H groups in total. The molecule has 0 aliphatic carbocycles. The number of fused-ring (bicyclic) bond motifs is 1. The molecule has 6 nitrogen and oxygen atoms in total. The third-order valence-electron chi connectivity index (χ3n) is 5.48. The molecule has 136 valence electrons. The highest BCUT2D eigenvalue weighted by molar-refractivity contribution is 5.92. The maximum atomic E-state index is 13.7. The first-order valence-corrected chi connectivity index (χ1v) is 8.75. The van der Waals surface area contributed by atoms with Crippen molar-refractivity contribution in [2.75, 3.05) is 19.6 Å². The molecule has 2 aromatic rings. The first-order valence-electron chi connectivity index (χ1n) is 8.75. The molecule has 26 heavy (non-hydrogen) atoms. The lowest BCUT2D eigenvalue weighted by Gasteiger charge is -2.29. The van der Waals surface area contributed by atoms with Crippen LogP contribution in [-0.2, 0) is 11.8 Å². The summed E-state index contributed by atoms with van der Waals surface area (Å²) in [5, 5.41) is 4.19. The van der Waals surface area contributed by atoms with Crippen molar-refractivity contribution < 1.29 is 14.0 Å². The smallest absolute Gasteiger partial charge is 0.274 e. The van der Waals surface area contributed by atoms with Crippen LogP contribution in [-0.4, -0.2) is 51.0 Å². The first-order chi connectivity index (χ1) is 12.4. The monoisotopic (exact) mass is 356 g/mol. The van der Waals surface area contributed by atoms with Crippen LogP contribution in [0.5, 0.6) is 0 Å². The summed E-state index contributed by atoms with van der Waals surface area (Å²) in [5.74, 6) is -0.120. The molecule has 1 aromatic heterocycles. The van der Waals surface area contributed by atoms with Crippen LogP contribution in [0, 0.1) is 17.7 Å². The van der Waals surface area contributed by atoms with Gasteiger partial charge in [-0.15, -0.1) is 0 Å². The van der Waals surface area contributed by atoms with Gasteiger partial charge in [0.15, 0.2) is 0 Å². The average Bonchev–Trinajstić information content (AvgIpc) is 3.27. The standard InChI is InChI=1S/C19H21FN4O2/c1-12(25)24-10-14-9-23(19(26)17-6-7-22(2)21-17)11-16(14)18(24)13-4-3-5-15(20)8-13/h3-8,14,16,18H,9-11H2,1-2H3/t14-,16-,18+/m1/s1. The molecule has 4 rings (SSSR count). The van der Waals surface area contributed by atoms with Crippen molar-refractivity contribution in [1.82, 2.24) is 19.6 Å². The van der Waals surface area contributed by atoms with E-state index in [0.717, 1.165) is 5.56 Å². The Labute approximate surface area is 151 Å². The minimum atomic E-state index is -0.311. The van der Waals surface area contributed by atoms with E-state index in [4.69, 9.17) is 0 Å². The number of aromatic nitrogens is 2. The number of carbonyl (C=O) groups excluding carboxylic acids is 2. The van der Waals surface area contributed by atoms with Gasteiger partial charge >= 0.3 is 0 Å². The zero-order valence-electron chi connectivity index (χ0n) is 14.8. The van der Waals surface area contributed by atoms with E-state index in [2.05, 4.69) is 5.10 Å². The summed E-state index contributed by atoms with van der Waals surface area (Å²) in [7, 11) is 1.78. The van der Waals surface area contributed by atoms with E-state index < -0.39 is 0 Å². The molecule has 3 heterocycles. The predicted octanol–water partition coefficient (Wildman–Crippen LogP) is 1.85. The zero-order chi connectivity index (χ0) is 18.4. The molecule has 2 fully saturated rings. The topological polar surface area (TPSA) is 58.4 Å². The van der Waals surface area contributed by atoms with Crippen LogP contribution in [0.4, 0.5) is 4.39 Å². The van der Waals surface area contributed by atoms with E-state index in [0.29, 0.717) is 25.3 Å². The fraction of sp³-hybridized carbons (Fsp3) is 0.421. The molecular formula is C19H21FN4O2. The van der Waals surface area contributed by atoms with Gasteiger partial charge in [0.25, 0.3) is 5.91 Å². The lowest BCUT2D eigenvalue weighted by atomic mass is 9.89. The van der Waals surface area contributed by atoms with Gasteiger partial charge in [-0.05, 0) is 23.8 Å². The minimum absolute atomic E-state index is 0.0173. The fourth-order valence-corrected chi connectivity index (χ4v) is 4.34. The fourth-order valence-electron chi connectivity index (χ4n) is 4.34. The van der Waals surface area contributed by atoms with E-state index in [1.165, 1.54) is 12.1 Å². The lowest BCUT2D eigenvalue weighted by molar-refractivity contribution is -0.130. The number of benzene rings is 1. The number of hydrogen-bond acceptors (Lipinski definition) is 3. The lowest BCUT2D eigenvalue weighted by Crippen LogP contribution is -2.36. The second-order valence-corrected chi connectivity index (χ2v) is 7.18. The van der Waals surface area contributed by atoms with Crippen LogP contribution in [0.3, 0.4) is 0 Å². The highest BCUT2D eigenvalue weighted by Crippen LogP contribution is 2.45. The van der Waals surface area contributed by atoms with Gasteiger partial charge in [0, 0.05) is 51.6 Å². The number of amides is 2. The van der Waals surface area contributed by atoms with Crippen molar-refractivity contribution in [2.24, 2.45) is 18.9 Å². The third kappa shape index (κ3) is 2.77. The van der Waals surface area contributed by atoms with Gasteiger partial charge < -0.3 is 9.80 Å². The number of likely N-dealkylation sites (tertiary alicyclic amines) is 2. The van der Waals surface area contributed by atoms with Crippen molar-refractivity contribution in [3.8, 4) is 0 Å². The number of hydrogen-bond donors (Lipinski definition) is 0. The minimum Gasteiger partial charge on any atom is -0.337 e. The van der Waals surface area contributed by atoms with Crippen molar-refractivity contribution in [1.29, 1.82) is 0 Å². The number of rotatable bonds is 2. The van der Waals surface area contributed by atoms with E-state index in [1.54, 1.807) is 41.9 Å². The summed E-state index contributed by atoms with van der Waals surface area (Å²) in [5.41, 5.74) is 1.22. The highest BCUT2D eigenvalue weighted by Gasteiger charge is 2.49. The largest absolute Gasteiger partial charge is 0.337 e. The maximum Gasteiger partial charge on any atom is 0.274 e. The zero-order valence-corrected chi connectivity index (χ0v) is 14.8. The SMILES string of the molecule is CC(=O)N1C[C@H]2CN(C(=O)c3ccn(C)n3)C[C@H]2[C@@H]1c1cccc(F)c1. The second kappa shape index (κ2) is 6.23. The summed E-state index contributed by atoms with van der Waals surface area (Å²) in [6, 6.07) is 7.93. The summed E-state index contributed by atoms with van der Waals surface area (Å²) in [6.07, 6.45) is 1.75. The summed E-state index contributed by atoms with van der Waals surface area (Å²) in [4.78, 5) is 28.5. The molecule has 2 saturated heterocycles. The molecule has 0 spiro atoms. The molecule has 2 aliphatic heterocycles. The van der Waals surface area contributed by atoms with Gasteiger partial charge in [-0.25, -0.2) is 4.39 Å². The van der Waals surface area contributed by atoms with Crippen LogP contribution in [0.2, 0.25) is 0 Å². The summed E-state index contributed by atoms with van der Waals surface area (Å²) < 4.78 is 15.4.